The van der Waals surface area contributed by atoms with Crippen molar-refractivity contribution in [2.45, 2.75) is 25.3 Å². The van der Waals surface area contributed by atoms with Crippen LogP contribution in [0, 0.1) is 5.92 Å². The minimum atomic E-state index is 0.145. The first-order valence-electron chi connectivity index (χ1n) is 5.49. The molecule has 0 spiro atoms. The summed E-state index contributed by atoms with van der Waals surface area (Å²) in [7, 11) is 1.97. The molecule has 1 saturated carbocycles. The first kappa shape index (κ1) is 9.77. The van der Waals surface area contributed by atoms with Gasteiger partial charge in [-0.15, -0.1) is 0 Å². The molecule has 14 heavy (non-hydrogen) atoms. The lowest BCUT2D eigenvalue weighted by Crippen LogP contribution is -2.40. The molecule has 2 aliphatic rings. The van der Waals surface area contributed by atoms with Crippen LogP contribution in [0.1, 0.15) is 19.3 Å². The van der Waals surface area contributed by atoms with E-state index in [1.165, 1.54) is 12.8 Å². The van der Waals surface area contributed by atoms with E-state index in [2.05, 4.69) is 10.6 Å². The molecular formula is C10H19N3O. The van der Waals surface area contributed by atoms with Gasteiger partial charge in [-0.1, -0.05) is 0 Å². The lowest BCUT2D eigenvalue weighted by molar-refractivity contribution is 0.206. The number of likely N-dealkylation sites (tertiary alicyclic amines) is 1. The lowest BCUT2D eigenvalue weighted by atomic mass is 10.1. The Morgan fingerprint density at radius 1 is 1.43 bits per heavy atom. The van der Waals surface area contributed by atoms with Crippen LogP contribution in [0.5, 0.6) is 0 Å². The molecule has 1 atom stereocenters. The number of hydrogen-bond donors (Lipinski definition) is 2. The van der Waals surface area contributed by atoms with Gasteiger partial charge in [-0.05, 0) is 38.8 Å². The summed E-state index contributed by atoms with van der Waals surface area (Å²) in [6.07, 6.45) is 3.47. The van der Waals surface area contributed by atoms with Crippen LogP contribution in [-0.4, -0.2) is 43.7 Å². The minimum absolute atomic E-state index is 0.145. The maximum absolute atomic E-state index is 11.6. The summed E-state index contributed by atoms with van der Waals surface area (Å²) < 4.78 is 0. The predicted molar refractivity (Wildman–Crippen MR) is 55.2 cm³/mol. The Bertz CT molecular complexity index is 215. The molecule has 4 nitrogen and oxygen atoms in total. The van der Waals surface area contributed by atoms with Crippen LogP contribution in [-0.2, 0) is 0 Å². The summed E-state index contributed by atoms with van der Waals surface area (Å²) in [6, 6.07) is 0.622. The largest absolute Gasteiger partial charge is 0.335 e. The number of hydrogen-bond acceptors (Lipinski definition) is 2. The van der Waals surface area contributed by atoms with Crippen molar-refractivity contribution in [3.05, 3.63) is 0 Å². The van der Waals surface area contributed by atoms with Gasteiger partial charge in [0.2, 0.25) is 0 Å². The van der Waals surface area contributed by atoms with E-state index in [-0.39, 0.29) is 6.03 Å². The minimum Gasteiger partial charge on any atom is -0.335 e. The molecule has 2 amide bonds. The molecule has 1 aliphatic carbocycles. The zero-order valence-corrected chi connectivity index (χ0v) is 8.75. The maximum atomic E-state index is 11.6. The van der Waals surface area contributed by atoms with E-state index < -0.39 is 0 Å². The van der Waals surface area contributed by atoms with Crippen molar-refractivity contribution >= 4 is 6.03 Å². The molecule has 1 saturated heterocycles. The zero-order chi connectivity index (χ0) is 9.97. The van der Waals surface area contributed by atoms with E-state index in [1.54, 1.807) is 0 Å². The second kappa shape index (κ2) is 4.17. The highest BCUT2D eigenvalue weighted by atomic mass is 16.2. The normalized spacial score (nSPS) is 26.6. The van der Waals surface area contributed by atoms with Crippen molar-refractivity contribution in [2.75, 3.05) is 26.7 Å². The summed E-state index contributed by atoms with van der Waals surface area (Å²) in [4.78, 5) is 13.6. The van der Waals surface area contributed by atoms with Crippen LogP contribution in [0.4, 0.5) is 4.79 Å². The fraction of sp³-hybridized carbons (Fsp3) is 0.900. The molecular weight excluding hydrogens is 178 g/mol. The number of carbonyl (C=O) groups is 1. The Kier molecular flexibility index (Phi) is 2.91. The molecule has 80 valence electrons. The Morgan fingerprint density at radius 3 is 2.86 bits per heavy atom. The van der Waals surface area contributed by atoms with E-state index in [0.717, 1.165) is 26.1 Å². The summed E-state index contributed by atoms with van der Waals surface area (Å²) >= 11 is 0. The summed E-state index contributed by atoms with van der Waals surface area (Å²) in [5, 5.41) is 6.19. The van der Waals surface area contributed by atoms with Crippen molar-refractivity contribution in [1.82, 2.24) is 15.5 Å². The lowest BCUT2D eigenvalue weighted by Gasteiger charge is -2.17. The monoisotopic (exact) mass is 197 g/mol. The third-order valence-corrected chi connectivity index (χ3v) is 2.97. The van der Waals surface area contributed by atoms with Gasteiger partial charge in [-0.25, -0.2) is 4.79 Å². The summed E-state index contributed by atoms with van der Waals surface area (Å²) in [5.74, 6) is 0.643. The average molecular weight is 197 g/mol. The predicted octanol–water partition coefficient (Wildman–Crippen LogP) is 0.400. The molecule has 0 radical (unpaired) electrons. The van der Waals surface area contributed by atoms with Crippen LogP contribution >= 0.6 is 0 Å². The maximum Gasteiger partial charge on any atom is 0.317 e. The van der Waals surface area contributed by atoms with Crippen molar-refractivity contribution < 1.29 is 4.79 Å². The van der Waals surface area contributed by atoms with Gasteiger partial charge in [-0.2, -0.15) is 0 Å². The van der Waals surface area contributed by atoms with Gasteiger partial charge in [0.15, 0.2) is 0 Å². The van der Waals surface area contributed by atoms with Gasteiger partial charge >= 0.3 is 6.03 Å². The highest BCUT2D eigenvalue weighted by Crippen LogP contribution is 2.20. The molecule has 1 aliphatic heterocycles. The van der Waals surface area contributed by atoms with Crippen LogP contribution in [0.2, 0.25) is 0 Å². The Balaban J connectivity index is 1.73. The molecule has 0 aromatic rings. The van der Waals surface area contributed by atoms with Crippen LogP contribution < -0.4 is 10.6 Å². The van der Waals surface area contributed by atoms with Crippen LogP contribution in [0.3, 0.4) is 0 Å². The number of urea groups is 1. The fourth-order valence-corrected chi connectivity index (χ4v) is 1.97. The van der Waals surface area contributed by atoms with Crippen LogP contribution in [0.15, 0.2) is 0 Å². The molecule has 2 rings (SSSR count). The SMILES string of the molecule is CNCC1CCN(C(=O)NC2CC2)C1. The number of carbonyl (C=O) groups excluding carboxylic acids is 1. The van der Waals surface area contributed by atoms with Crippen molar-refractivity contribution in [3.8, 4) is 0 Å². The van der Waals surface area contributed by atoms with Gasteiger partial charge in [-0.3, -0.25) is 0 Å². The molecule has 1 unspecified atom stereocenters. The third-order valence-electron chi connectivity index (χ3n) is 2.97. The third kappa shape index (κ3) is 2.38. The van der Waals surface area contributed by atoms with Gasteiger partial charge in [0.05, 0.1) is 0 Å². The first-order valence-corrected chi connectivity index (χ1v) is 5.49. The average Bonchev–Trinajstić information content (AvgIpc) is 2.83. The highest BCUT2D eigenvalue weighted by Gasteiger charge is 2.29. The molecule has 0 aromatic heterocycles. The van der Waals surface area contributed by atoms with Crippen molar-refractivity contribution in [1.29, 1.82) is 0 Å². The van der Waals surface area contributed by atoms with E-state index >= 15 is 0 Å². The molecule has 4 heteroatoms. The number of nitrogens with one attached hydrogen (secondary N) is 2. The highest BCUT2D eigenvalue weighted by molar-refractivity contribution is 5.75. The van der Waals surface area contributed by atoms with E-state index in [4.69, 9.17) is 0 Å². The first-order chi connectivity index (χ1) is 6.79. The van der Waals surface area contributed by atoms with Crippen molar-refractivity contribution in [3.63, 3.8) is 0 Å². The molecule has 1 heterocycles. The van der Waals surface area contributed by atoms with E-state index in [1.807, 2.05) is 11.9 Å². The molecule has 0 aromatic carbocycles. The Hall–Kier alpha value is -0.770. The van der Waals surface area contributed by atoms with E-state index in [0.29, 0.717) is 12.0 Å². The summed E-state index contributed by atoms with van der Waals surface area (Å²) in [5.41, 5.74) is 0. The van der Waals surface area contributed by atoms with Gasteiger partial charge < -0.3 is 15.5 Å². The molecule has 2 fully saturated rings. The van der Waals surface area contributed by atoms with E-state index in [9.17, 15) is 4.79 Å². The van der Waals surface area contributed by atoms with Gasteiger partial charge in [0.25, 0.3) is 0 Å². The van der Waals surface area contributed by atoms with Gasteiger partial charge in [0, 0.05) is 19.1 Å². The topological polar surface area (TPSA) is 44.4 Å². The fourth-order valence-electron chi connectivity index (χ4n) is 1.97. The van der Waals surface area contributed by atoms with Gasteiger partial charge in [0.1, 0.15) is 0 Å². The number of amides is 2. The second-order valence-electron chi connectivity index (χ2n) is 4.38. The molecule has 0 bridgehead atoms. The Labute approximate surface area is 85.0 Å². The quantitative estimate of drug-likeness (QED) is 0.688. The number of rotatable bonds is 3. The number of nitrogens with zero attached hydrogens (tertiary/aromatic N) is 1. The van der Waals surface area contributed by atoms with Crippen LogP contribution in [0.25, 0.3) is 0 Å². The molecule has 2 N–H and O–H groups in total. The standard InChI is InChI=1S/C10H19N3O/c1-11-6-8-4-5-13(7-8)10(14)12-9-2-3-9/h8-9,11H,2-7H2,1H3,(H,12,14). The second-order valence-corrected chi connectivity index (χ2v) is 4.38. The summed E-state index contributed by atoms with van der Waals surface area (Å²) in [6.45, 7) is 2.86. The van der Waals surface area contributed by atoms with Crippen molar-refractivity contribution in [2.24, 2.45) is 5.92 Å². The Morgan fingerprint density at radius 2 is 2.21 bits per heavy atom. The smallest absolute Gasteiger partial charge is 0.317 e. The zero-order valence-electron chi connectivity index (χ0n) is 8.75.